The van der Waals surface area contributed by atoms with E-state index in [4.69, 9.17) is 9.47 Å². The summed E-state index contributed by atoms with van der Waals surface area (Å²) in [7, 11) is 0. The Labute approximate surface area is 197 Å². The summed E-state index contributed by atoms with van der Waals surface area (Å²) < 4.78 is 11.4. The van der Waals surface area contributed by atoms with Crippen LogP contribution < -0.4 is 20.1 Å². The van der Waals surface area contributed by atoms with Crippen molar-refractivity contribution in [3.63, 3.8) is 0 Å². The van der Waals surface area contributed by atoms with Crippen molar-refractivity contribution in [3.05, 3.63) is 40.8 Å². The van der Waals surface area contributed by atoms with Gasteiger partial charge in [0.15, 0.2) is 18.1 Å². The summed E-state index contributed by atoms with van der Waals surface area (Å²) in [6.07, 6.45) is 5.19. The first-order valence-corrected chi connectivity index (χ1v) is 12.3. The van der Waals surface area contributed by atoms with Crippen LogP contribution in [0.25, 0.3) is 0 Å². The Hall–Kier alpha value is -3.07. The number of hydrogen-bond acceptors (Lipinski definition) is 6. The quantitative estimate of drug-likeness (QED) is 0.582. The largest absolute Gasteiger partial charge is 0.490 e. The molecule has 1 aliphatic heterocycles. The van der Waals surface area contributed by atoms with Gasteiger partial charge in [-0.15, -0.1) is 11.3 Å². The number of carbonyl (C=O) groups excluding carboxylic acids is 3. The van der Waals surface area contributed by atoms with Crippen molar-refractivity contribution in [3.8, 4) is 11.5 Å². The normalized spacial score (nSPS) is 15.6. The number of likely N-dealkylation sites (tertiary alicyclic amines) is 1. The second-order valence-electron chi connectivity index (χ2n) is 8.19. The van der Waals surface area contributed by atoms with E-state index in [0.29, 0.717) is 34.2 Å². The SMILES string of the molecule is CCOc1cc(C(=O)Nc2sccc2C(=O)NC2CC2)ccc1OCC(=O)N1CCCCC1. The molecule has 176 valence electrons. The van der Waals surface area contributed by atoms with E-state index in [2.05, 4.69) is 10.6 Å². The van der Waals surface area contributed by atoms with E-state index in [1.807, 2.05) is 11.8 Å². The molecule has 2 N–H and O–H groups in total. The first-order chi connectivity index (χ1) is 16.0. The van der Waals surface area contributed by atoms with Crippen molar-refractivity contribution in [2.24, 2.45) is 0 Å². The third-order valence-electron chi connectivity index (χ3n) is 5.62. The van der Waals surface area contributed by atoms with Gasteiger partial charge >= 0.3 is 0 Å². The fourth-order valence-electron chi connectivity index (χ4n) is 3.66. The Morgan fingerprint density at radius 3 is 2.55 bits per heavy atom. The number of benzene rings is 1. The second kappa shape index (κ2) is 10.7. The van der Waals surface area contributed by atoms with E-state index >= 15 is 0 Å². The van der Waals surface area contributed by atoms with Crippen molar-refractivity contribution in [2.45, 2.75) is 45.1 Å². The topological polar surface area (TPSA) is 97.0 Å². The molecule has 0 spiro atoms. The number of ether oxygens (including phenoxy) is 2. The number of thiophene rings is 1. The Kier molecular flexibility index (Phi) is 7.49. The minimum atomic E-state index is -0.352. The Bertz CT molecular complexity index is 1010. The van der Waals surface area contributed by atoms with E-state index in [9.17, 15) is 14.4 Å². The Balaban J connectivity index is 1.41. The maximum absolute atomic E-state index is 12.9. The van der Waals surface area contributed by atoms with Crippen molar-refractivity contribution < 1.29 is 23.9 Å². The molecule has 1 aromatic carbocycles. The smallest absolute Gasteiger partial charge is 0.260 e. The van der Waals surface area contributed by atoms with Crippen LogP contribution in [0.2, 0.25) is 0 Å². The van der Waals surface area contributed by atoms with Gasteiger partial charge in [0.2, 0.25) is 0 Å². The summed E-state index contributed by atoms with van der Waals surface area (Å²) in [4.78, 5) is 39.5. The maximum Gasteiger partial charge on any atom is 0.260 e. The molecule has 1 aromatic heterocycles. The monoisotopic (exact) mass is 471 g/mol. The lowest BCUT2D eigenvalue weighted by Crippen LogP contribution is -2.38. The van der Waals surface area contributed by atoms with Gasteiger partial charge in [0.25, 0.3) is 17.7 Å². The van der Waals surface area contributed by atoms with Crippen LogP contribution in [-0.4, -0.2) is 55.0 Å². The van der Waals surface area contributed by atoms with E-state index < -0.39 is 0 Å². The first kappa shape index (κ1) is 23.1. The van der Waals surface area contributed by atoms with Crippen LogP contribution in [0.5, 0.6) is 11.5 Å². The second-order valence-corrected chi connectivity index (χ2v) is 9.11. The molecule has 33 heavy (non-hydrogen) atoms. The minimum Gasteiger partial charge on any atom is -0.490 e. The highest BCUT2D eigenvalue weighted by Gasteiger charge is 2.26. The fraction of sp³-hybridized carbons (Fsp3) is 0.458. The molecule has 2 aromatic rings. The molecular weight excluding hydrogens is 442 g/mol. The van der Waals surface area contributed by atoms with Crippen LogP contribution in [0.15, 0.2) is 29.6 Å². The number of nitrogens with one attached hydrogen (secondary N) is 2. The van der Waals surface area contributed by atoms with Gasteiger partial charge in [-0.3, -0.25) is 14.4 Å². The van der Waals surface area contributed by atoms with Crippen molar-refractivity contribution in [1.82, 2.24) is 10.2 Å². The van der Waals surface area contributed by atoms with Crippen molar-refractivity contribution in [1.29, 1.82) is 0 Å². The molecule has 2 heterocycles. The zero-order chi connectivity index (χ0) is 23.2. The molecule has 2 aliphatic rings. The Morgan fingerprint density at radius 1 is 1.03 bits per heavy atom. The number of rotatable bonds is 9. The number of nitrogens with zero attached hydrogens (tertiary/aromatic N) is 1. The number of carbonyl (C=O) groups is 3. The van der Waals surface area contributed by atoms with Crippen LogP contribution in [0.4, 0.5) is 5.00 Å². The predicted octanol–water partition coefficient (Wildman–Crippen LogP) is 3.68. The van der Waals surface area contributed by atoms with Gasteiger partial charge in [0.05, 0.1) is 12.2 Å². The van der Waals surface area contributed by atoms with E-state index in [-0.39, 0.29) is 30.4 Å². The van der Waals surface area contributed by atoms with E-state index in [0.717, 1.165) is 45.2 Å². The minimum absolute atomic E-state index is 0.0475. The highest BCUT2D eigenvalue weighted by atomic mass is 32.1. The van der Waals surface area contributed by atoms with Gasteiger partial charge in [-0.1, -0.05) is 0 Å². The standard InChI is InChI=1S/C24H29N3O5S/c1-2-31-20-14-16(6-9-19(20)32-15-21(28)27-11-4-3-5-12-27)22(29)26-24-18(10-13-33-24)23(30)25-17-7-8-17/h6,9-10,13-14,17H,2-5,7-8,11-12,15H2,1H3,(H,25,30)(H,26,29). The average Bonchev–Trinajstić information content (AvgIpc) is 3.52. The summed E-state index contributed by atoms with van der Waals surface area (Å²) >= 11 is 1.30. The summed E-state index contributed by atoms with van der Waals surface area (Å²) in [5.74, 6) is 0.239. The zero-order valence-electron chi connectivity index (χ0n) is 18.7. The summed E-state index contributed by atoms with van der Waals surface area (Å²) in [6.45, 7) is 3.69. The number of anilines is 1. The summed E-state index contributed by atoms with van der Waals surface area (Å²) in [6, 6.07) is 6.80. The molecule has 2 fully saturated rings. The molecule has 1 aliphatic carbocycles. The number of piperidine rings is 1. The van der Waals surface area contributed by atoms with Crippen molar-refractivity contribution >= 4 is 34.1 Å². The third-order valence-corrected chi connectivity index (χ3v) is 6.44. The van der Waals surface area contributed by atoms with Gasteiger partial charge in [-0.25, -0.2) is 0 Å². The lowest BCUT2D eigenvalue weighted by Gasteiger charge is -2.26. The average molecular weight is 472 g/mol. The molecule has 0 unspecified atom stereocenters. The summed E-state index contributed by atoms with van der Waals surface area (Å²) in [5, 5.41) is 8.04. The first-order valence-electron chi connectivity index (χ1n) is 11.4. The van der Waals surface area contributed by atoms with Crippen LogP contribution in [-0.2, 0) is 4.79 Å². The maximum atomic E-state index is 12.9. The van der Waals surface area contributed by atoms with Crippen LogP contribution >= 0.6 is 11.3 Å². The van der Waals surface area contributed by atoms with E-state index in [1.54, 1.807) is 29.6 Å². The lowest BCUT2D eigenvalue weighted by atomic mass is 10.1. The molecule has 0 atom stereocenters. The van der Waals surface area contributed by atoms with Gasteiger partial charge in [0.1, 0.15) is 5.00 Å². The van der Waals surface area contributed by atoms with E-state index in [1.165, 1.54) is 11.3 Å². The molecule has 0 bridgehead atoms. The van der Waals surface area contributed by atoms with Crippen LogP contribution in [0, 0.1) is 0 Å². The zero-order valence-corrected chi connectivity index (χ0v) is 19.5. The molecule has 9 heteroatoms. The lowest BCUT2D eigenvalue weighted by molar-refractivity contribution is -0.134. The fourth-order valence-corrected chi connectivity index (χ4v) is 4.44. The molecule has 1 saturated heterocycles. The van der Waals surface area contributed by atoms with Gasteiger partial charge in [-0.2, -0.15) is 0 Å². The highest BCUT2D eigenvalue weighted by molar-refractivity contribution is 7.14. The molecule has 1 saturated carbocycles. The summed E-state index contributed by atoms with van der Waals surface area (Å²) in [5.41, 5.74) is 0.830. The van der Waals surface area contributed by atoms with Gasteiger partial charge < -0.3 is 25.0 Å². The molecule has 3 amide bonds. The number of hydrogen-bond donors (Lipinski definition) is 2. The third kappa shape index (κ3) is 6.04. The molecule has 0 radical (unpaired) electrons. The highest BCUT2D eigenvalue weighted by Crippen LogP contribution is 2.30. The molecule has 8 nitrogen and oxygen atoms in total. The van der Waals surface area contributed by atoms with Gasteiger partial charge in [-0.05, 0) is 68.7 Å². The van der Waals surface area contributed by atoms with Crippen LogP contribution in [0.1, 0.15) is 59.7 Å². The van der Waals surface area contributed by atoms with Crippen molar-refractivity contribution in [2.75, 3.05) is 31.6 Å². The van der Waals surface area contributed by atoms with Gasteiger partial charge in [0, 0.05) is 24.7 Å². The van der Waals surface area contributed by atoms with Crippen LogP contribution in [0.3, 0.4) is 0 Å². The molecular formula is C24H29N3O5S. The Morgan fingerprint density at radius 2 is 1.82 bits per heavy atom. The molecule has 4 rings (SSSR count). The number of amides is 3. The predicted molar refractivity (Wildman–Crippen MR) is 126 cm³/mol.